The number of ketones is 1. The van der Waals surface area contributed by atoms with E-state index in [1.165, 1.54) is 6.92 Å². The van der Waals surface area contributed by atoms with Crippen molar-refractivity contribution in [2.75, 3.05) is 0 Å². The highest BCUT2D eigenvalue weighted by molar-refractivity contribution is 5.87. The summed E-state index contributed by atoms with van der Waals surface area (Å²) in [5, 5.41) is 0. The number of hydrogen-bond donors (Lipinski definition) is 0. The molecule has 0 amide bonds. The van der Waals surface area contributed by atoms with E-state index in [9.17, 15) is 9.59 Å². The summed E-state index contributed by atoms with van der Waals surface area (Å²) < 4.78 is 5.12. The van der Waals surface area contributed by atoms with Crippen LogP contribution in [0.15, 0.2) is 23.8 Å². The predicted molar refractivity (Wildman–Crippen MR) is 50.2 cm³/mol. The molecule has 14 heavy (non-hydrogen) atoms. The van der Waals surface area contributed by atoms with Gasteiger partial charge in [0.2, 0.25) is 0 Å². The van der Waals surface area contributed by atoms with Crippen LogP contribution in [-0.2, 0) is 14.3 Å². The zero-order valence-corrected chi connectivity index (χ0v) is 7.90. The minimum Gasteiger partial charge on any atom is -0.457 e. The maximum absolute atomic E-state index is 11.3. The summed E-state index contributed by atoms with van der Waals surface area (Å²) in [6, 6.07) is 0. The van der Waals surface area contributed by atoms with Crippen molar-refractivity contribution < 1.29 is 14.3 Å². The van der Waals surface area contributed by atoms with Crippen LogP contribution in [0.2, 0.25) is 0 Å². The third-order valence-corrected chi connectivity index (χ3v) is 2.55. The van der Waals surface area contributed by atoms with Gasteiger partial charge in [-0.3, -0.25) is 9.59 Å². The zero-order valence-electron chi connectivity index (χ0n) is 7.90. The molecule has 0 aromatic carbocycles. The molecule has 73 valence electrons. The van der Waals surface area contributed by atoms with Gasteiger partial charge in [0.05, 0.1) is 12.3 Å². The monoisotopic (exact) mass is 191 g/mol. The smallest absolute Gasteiger partial charge is 0.307 e. The fraction of sp³-hybridized carbons (Fsp3) is 0.364. The van der Waals surface area contributed by atoms with Crippen LogP contribution >= 0.6 is 0 Å². The standard InChI is InChI=1S/C11H11O3/c1-7(12)9-6-10(13)14-11(9)8-4-2-3-5-8/h2-5,9,11H,6H2,1H3/t9-,11-/m0/s1. The minimum absolute atomic E-state index is 0.0158. The molecule has 0 unspecified atom stereocenters. The minimum atomic E-state index is -0.366. The summed E-state index contributed by atoms with van der Waals surface area (Å²) in [6.07, 6.45) is 7.34. The summed E-state index contributed by atoms with van der Waals surface area (Å²) in [4.78, 5) is 22.4. The van der Waals surface area contributed by atoms with Crippen LogP contribution in [0.25, 0.3) is 0 Å². The second-order valence-corrected chi connectivity index (χ2v) is 3.55. The largest absolute Gasteiger partial charge is 0.457 e. The Kier molecular flexibility index (Phi) is 2.23. The molecule has 0 bridgehead atoms. The normalized spacial score (nSPS) is 30.4. The number of Topliss-reactive ketones (excluding diaryl/α,β-unsaturated/α-hetero) is 1. The lowest BCUT2D eigenvalue weighted by Crippen LogP contribution is -2.23. The van der Waals surface area contributed by atoms with E-state index in [2.05, 4.69) is 0 Å². The van der Waals surface area contributed by atoms with Crippen LogP contribution in [0.4, 0.5) is 0 Å². The van der Waals surface area contributed by atoms with Crippen molar-refractivity contribution >= 4 is 11.8 Å². The molecule has 0 spiro atoms. The summed E-state index contributed by atoms with van der Waals surface area (Å²) in [5.74, 6) is -0.566. The lowest BCUT2D eigenvalue weighted by Gasteiger charge is -2.14. The molecular formula is C11H11O3. The molecule has 1 aliphatic carbocycles. The molecule has 0 N–H and O–H groups in total. The first-order valence-electron chi connectivity index (χ1n) is 4.60. The van der Waals surface area contributed by atoms with Gasteiger partial charge in [0.1, 0.15) is 11.9 Å². The van der Waals surface area contributed by atoms with E-state index in [0.717, 1.165) is 5.57 Å². The van der Waals surface area contributed by atoms with E-state index in [1.54, 1.807) is 0 Å². The van der Waals surface area contributed by atoms with Gasteiger partial charge in [-0.15, -0.1) is 0 Å². The number of allylic oxidation sites excluding steroid dienone is 2. The highest BCUT2D eigenvalue weighted by atomic mass is 16.6. The lowest BCUT2D eigenvalue weighted by molar-refractivity contribution is -0.140. The van der Waals surface area contributed by atoms with Crippen molar-refractivity contribution in [3.05, 3.63) is 30.2 Å². The number of rotatable bonds is 2. The second kappa shape index (κ2) is 3.40. The fourth-order valence-corrected chi connectivity index (χ4v) is 1.79. The lowest BCUT2D eigenvalue weighted by atomic mass is 9.92. The summed E-state index contributed by atoms with van der Waals surface area (Å²) >= 11 is 0. The molecule has 1 fully saturated rings. The molecule has 1 aliphatic heterocycles. The van der Waals surface area contributed by atoms with Crippen LogP contribution in [0.5, 0.6) is 0 Å². The number of esters is 1. The van der Waals surface area contributed by atoms with E-state index in [4.69, 9.17) is 4.74 Å². The van der Waals surface area contributed by atoms with Gasteiger partial charge in [-0.25, -0.2) is 0 Å². The molecule has 0 aromatic heterocycles. The molecule has 1 saturated heterocycles. The van der Waals surface area contributed by atoms with E-state index < -0.39 is 0 Å². The SMILES string of the molecule is CC(=O)[C@@H]1CC(=O)O[C@H]1C1=C[CH]C=C1. The first-order chi connectivity index (χ1) is 6.68. The van der Waals surface area contributed by atoms with Gasteiger partial charge in [0.15, 0.2) is 0 Å². The number of ether oxygens (including phenoxy) is 1. The number of hydrogen-bond acceptors (Lipinski definition) is 3. The van der Waals surface area contributed by atoms with Crippen molar-refractivity contribution in [2.45, 2.75) is 19.4 Å². The molecule has 2 rings (SSSR count). The first-order valence-corrected chi connectivity index (χ1v) is 4.60. The van der Waals surface area contributed by atoms with Gasteiger partial charge in [-0.05, 0) is 12.5 Å². The molecule has 3 heteroatoms. The van der Waals surface area contributed by atoms with Gasteiger partial charge in [0, 0.05) is 6.42 Å². The molecule has 2 aliphatic rings. The van der Waals surface area contributed by atoms with E-state index in [0.29, 0.717) is 0 Å². The second-order valence-electron chi connectivity index (χ2n) is 3.55. The van der Waals surface area contributed by atoms with Crippen molar-refractivity contribution in [3.8, 4) is 0 Å². The molecule has 0 aromatic rings. The topological polar surface area (TPSA) is 43.4 Å². The van der Waals surface area contributed by atoms with Gasteiger partial charge in [-0.2, -0.15) is 0 Å². The van der Waals surface area contributed by atoms with Crippen LogP contribution in [-0.4, -0.2) is 17.9 Å². The van der Waals surface area contributed by atoms with Gasteiger partial charge in [-0.1, -0.05) is 18.2 Å². The van der Waals surface area contributed by atoms with Crippen LogP contribution in [0.3, 0.4) is 0 Å². The summed E-state index contributed by atoms with van der Waals surface area (Å²) in [7, 11) is 0. The highest BCUT2D eigenvalue weighted by Crippen LogP contribution is 2.30. The molecular weight excluding hydrogens is 180 g/mol. The van der Waals surface area contributed by atoms with Crippen molar-refractivity contribution in [1.82, 2.24) is 0 Å². The Labute approximate surface area is 82.4 Å². The van der Waals surface area contributed by atoms with Crippen LogP contribution < -0.4 is 0 Å². The Morgan fingerprint density at radius 3 is 2.93 bits per heavy atom. The Bertz CT molecular complexity index is 338. The molecule has 0 saturated carbocycles. The molecule has 2 atom stereocenters. The molecule has 1 heterocycles. The van der Waals surface area contributed by atoms with E-state index >= 15 is 0 Å². The summed E-state index contributed by atoms with van der Waals surface area (Å²) in [5.41, 5.74) is 0.913. The van der Waals surface area contributed by atoms with Crippen LogP contribution in [0.1, 0.15) is 13.3 Å². The quantitative estimate of drug-likeness (QED) is 0.616. The molecule has 1 radical (unpaired) electrons. The van der Waals surface area contributed by atoms with Crippen molar-refractivity contribution in [2.24, 2.45) is 5.92 Å². The van der Waals surface area contributed by atoms with Crippen molar-refractivity contribution in [1.29, 1.82) is 0 Å². The summed E-state index contributed by atoms with van der Waals surface area (Å²) in [6.45, 7) is 1.50. The fourth-order valence-electron chi connectivity index (χ4n) is 1.79. The average Bonchev–Trinajstić information content (AvgIpc) is 2.70. The van der Waals surface area contributed by atoms with Crippen LogP contribution in [0, 0.1) is 12.3 Å². The average molecular weight is 191 g/mol. The van der Waals surface area contributed by atoms with Gasteiger partial charge in [0.25, 0.3) is 0 Å². The number of carbonyl (C=O) groups is 2. The highest BCUT2D eigenvalue weighted by Gasteiger charge is 2.39. The zero-order chi connectivity index (χ0) is 10.1. The Morgan fingerprint density at radius 1 is 1.57 bits per heavy atom. The first kappa shape index (κ1) is 9.19. The van der Waals surface area contributed by atoms with Crippen molar-refractivity contribution in [3.63, 3.8) is 0 Å². The van der Waals surface area contributed by atoms with Gasteiger partial charge >= 0.3 is 5.97 Å². The maximum atomic E-state index is 11.3. The van der Waals surface area contributed by atoms with Gasteiger partial charge < -0.3 is 4.74 Å². The van der Waals surface area contributed by atoms with E-state index in [-0.39, 0.29) is 30.2 Å². The molecule has 3 nitrogen and oxygen atoms in total. The Balaban J connectivity index is 2.20. The third-order valence-electron chi connectivity index (χ3n) is 2.55. The Morgan fingerprint density at radius 2 is 2.36 bits per heavy atom. The number of cyclic esters (lactones) is 1. The van der Waals surface area contributed by atoms with E-state index in [1.807, 2.05) is 24.6 Å². The Hall–Kier alpha value is -1.38. The number of carbonyl (C=O) groups excluding carboxylic acids is 2. The maximum Gasteiger partial charge on any atom is 0.307 e. The third kappa shape index (κ3) is 1.50. The predicted octanol–water partition coefficient (Wildman–Crippen LogP) is 1.21.